The maximum atomic E-state index is 14.3. The van der Waals surface area contributed by atoms with Crippen molar-refractivity contribution >= 4 is 40.2 Å². The number of aromatic amines is 1. The molecule has 4 amide bonds. The molecule has 1 aromatic heterocycles. The first-order valence-electron chi connectivity index (χ1n) is 17.2. The van der Waals surface area contributed by atoms with Crippen LogP contribution in [-0.4, -0.2) is 63.8 Å². The highest BCUT2D eigenvalue weighted by Crippen LogP contribution is 2.56. The Kier molecular flexibility index (Phi) is 7.01. The van der Waals surface area contributed by atoms with Crippen molar-refractivity contribution < 1.29 is 19.2 Å². The van der Waals surface area contributed by atoms with E-state index in [-0.39, 0.29) is 23.6 Å². The summed E-state index contributed by atoms with van der Waals surface area (Å²) >= 11 is 0. The first-order valence-corrected chi connectivity index (χ1v) is 17.2. The monoisotopic (exact) mass is 664 g/mol. The van der Waals surface area contributed by atoms with Crippen molar-refractivity contribution in [2.24, 2.45) is 0 Å². The number of para-hydroxylation sites is 2. The van der Waals surface area contributed by atoms with Crippen LogP contribution < -0.4 is 21.3 Å². The van der Waals surface area contributed by atoms with Crippen LogP contribution in [0.2, 0.25) is 0 Å². The number of piperazine rings is 2. The lowest BCUT2D eigenvalue weighted by Crippen LogP contribution is -2.64. The van der Waals surface area contributed by atoms with Crippen molar-refractivity contribution in [2.45, 2.75) is 61.4 Å². The predicted molar refractivity (Wildman–Crippen MR) is 188 cm³/mol. The highest BCUT2D eigenvalue weighted by atomic mass is 16.2. The molecule has 4 aliphatic rings. The molecule has 6 atom stereocenters. The lowest BCUT2D eigenvalue weighted by Gasteiger charge is -2.38. The summed E-state index contributed by atoms with van der Waals surface area (Å²) in [6.45, 7) is 0. The average Bonchev–Trinajstić information content (AvgIpc) is 3.80. The lowest BCUT2D eigenvalue weighted by molar-refractivity contribution is -0.148. The number of amides is 4. The smallest absolute Gasteiger partial charge is 0.247 e. The predicted octanol–water partition coefficient (Wildman–Crippen LogP) is 3.32. The molecular formula is C40H36N6O4. The Morgan fingerprint density at radius 1 is 0.600 bits per heavy atom. The summed E-state index contributed by atoms with van der Waals surface area (Å²) in [6.07, 6.45) is 2.97. The van der Waals surface area contributed by atoms with Crippen LogP contribution in [0.1, 0.15) is 34.2 Å². The minimum Gasteiger partial charge on any atom is -0.364 e. The average molecular weight is 665 g/mol. The number of nitrogens with one attached hydrogen (secondary N) is 5. The number of H-pyrrole nitrogens is 1. The van der Waals surface area contributed by atoms with Gasteiger partial charge in [-0.2, -0.15) is 0 Å². The normalized spacial score (nSPS) is 26.8. The van der Waals surface area contributed by atoms with Crippen LogP contribution in [-0.2, 0) is 43.9 Å². The van der Waals surface area contributed by atoms with E-state index in [1.807, 2.05) is 97.2 Å². The Morgan fingerprint density at radius 2 is 1.20 bits per heavy atom. The van der Waals surface area contributed by atoms with Crippen LogP contribution in [0.4, 0.5) is 5.69 Å². The molecule has 0 spiro atoms. The molecule has 0 saturated carbocycles. The molecule has 0 radical (unpaired) electrons. The Morgan fingerprint density at radius 3 is 1.92 bits per heavy atom. The fraction of sp³-hybridized carbons (Fsp3) is 0.250. The van der Waals surface area contributed by atoms with Gasteiger partial charge in [0.1, 0.15) is 30.3 Å². The van der Waals surface area contributed by atoms with Gasteiger partial charge in [-0.1, -0.05) is 97.1 Å². The number of carbonyl (C=O) groups is 4. The lowest BCUT2D eigenvalue weighted by atomic mass is 9.71. The van der Waals surface area contributed by atoms with Gasteiger partial charge < -0.3 is 31.2 Å². The molecule has 10 nitrogen and oxygen atoms in total. The van der Waals surface area contributed by atoms with E-state index in [0.29, 0.717) is 25.7 Å². The molecule has 9 rings (SSSR count). The molecule has 10 heteroatoms. The third-order valence-corrected chi connectivity index (χ3v) is 11.0. The van der Waals surface area contributed by atoms with Gasteiger partial charge in [0, 0.05) is 42.0 Å². The van der Waals surface area contributed by atoms with Crippen LogP contribution in [0.5, 0.6) is 0 Å². The van der Waals surface area contributed by atoms with Gasteiger partial charge in [-0.05, 0) is 40.3 Å². The summed E-state index contributed by atoms with van der Waals surface area (Å²) in [5.41, 5.74) is 5.95. The summed E-state index contributed by atoms with van der Waals surface area (Å²) in [5, 5.41) is 13.5. The summed E-state index contributed by atoms with van der Waals surface area (Å²) in [7, 11) is 0. The van der Waals surface area contributed by atoms with Crippen molar-refractivity contribution in [2.75, 3.05) is 5.32 Å². The van der Waals surface area contributed by atoms with Gasteiger partial charge >= 0.3 is 0 Å². The van der Waals surface area contributed by atoms with Gasteiger partial charge in [-0.3, -0.25) is 19.2 Å². The van der Waals surface area contributed by atoms with Crippen molar-refractivity contribution in [3.8, 4) is 0 Å². The van der Waals surface area contributed by atoms with Crippen LogP contribution >= 0.6 is 0 Å². The largest absolute Gasteiger partial charge is 0.364 e. The molecule has 4 aliphatic heterocycles. The molecule has 5 aromatic rings. The molecule has 0 aliphatic carbocycles. The van der Waals surface area contributed by atoms with E-state index in [2.05, 4.69) is 38.4 Å². The topological polar surface area (TPSA) is 135 Å². The minimum atomic E-state index is -0.724. The number of aromatic nitrogens is 1. The van der Waals surface area contributed by atoms with E-state index in [9.17, 15) is 19.2 Å². The third-order valence-electron chi connectivity index (χ3n) is 11.0. The number of nitrogens with zero attached hydrogens (tertiary/aromatic N) is 1. The van der Waals surface area contributed by atoms with Gasteiger partial charge in [0.05, 0.1) is 5.41 Å². The van der Waals surface area contributed by atoms with Crippen molar-refractivity contribution in [1.29, 1.82) is 0 Å². The molecule has 5 N–H and O–H groups in total. The SMILES string of the molecule is O=C1N[C@H](Cc2ccccc2)C(=O)NC1Cc1c[nH]c2c([C@]34C[C@H]5C(=O)N[C@H](Cc6ccccc6)C(=O)N5C3Nc3ccccc34)cccc12. The Balaban J connectivity index is 1.04. The highest BCUT2D eigenvalue weighted by molar-refractivity contribution is 6.01. The minimum absolute atomic E-state index is 0.102. The van der Waals surface area contributed by atoms with E-state index in [1.54, 1.807) is 4.90 Å². The Labute approximate surface area is 288 Å². The highest BCUT2D eigenvalue weighted by Gasteiger charge is 2.64. The molecule has 2 unspecified atom stereocenters. The molecule has 250 valence electrons. The fourth-order valence-corrected chi connectivity index (χ4v) is 8.71. The number of fused-ring (bicyclic) bond motifs is 6. The van der Waals surface area contributed by atoms with Crippen LogP contribution in [0.3, 0.4) is 0 Å². The number of hydrogen-bond donors (Lipinski definition) is 5. The van der Waals surface area contributed by atoms with Crippen LogP contribution in [0, 0.1) is 0 Å². The molecule has 3 saturated heterocycles. The van der Waals surface area contributed by atoms with Crippen molar-refractivity contribution in [3.05, 3.63) is 137 Å². The van der Waals surface area contributed by atoms with Crippen LogP contribution in [0.25, 0.3) is 10.9 Å². The maximum absolute atomic E-state index is 14.3. The molecule has 5 heterocycles. The maximum Gasteiger partial charge on any atom is 0.247 e. The van der Waals surface area contributed by atoms with Gasteiger partial charge in [0.15, 0.2) is 0 Å². The standard InChI is InChI=1S/C40H36N6O4/c47-35-30(18-23-10-3-1-4-11-23)42-36(48)31(43-35)20-25-22-41-34-26(25)14-9-16-28(34)40-21-33-37(49)44-32(19-24-12-5-2-6-13-24)38(50)46(33)39(40)45-29-17-8-7-15-27(29)40/h1-17,22,30-33,39,41,45H,18-21H2,(H,42,48)(H,43,47)(H,44,49)/t30-,31?,32-,33+,39?,40-/m1/s1. The number of anilines is 1. The van der Waals surface area contributed by atoms with E-state index in [4.69, 9.17) is 0 Å². The van der Waals surface area contributed by atoms with E-state index < -0.39 is 35.7 Å². The zero-order valence-electron chi connectivity index (χ0n) is 27.2. The third kappa shape index (κ3) is 4.69. The molecule has 0 bridgehead atoms. The van der Waals surface area contributed by atoms with Gasteiger partial charge in [0.2, 0.25) is 23.6 Å². The quantitative estimate of drug-likeness (QED) is 0.182. The Bertz CT molecular complexity index is 2170. The second-order valence-corrected chi connectivity index (χ2v) is 13.8. The second-order valence-electron chi connectivity index (χ2n) is 13.8. The van der Waals surface area contributed by atoms with Gasteiger partial charge in [-0.25, -0.2) is 0 Å². The molecule has 50 heavy (non-hydrogen) atoms. The van der Waals surface area contributed by atoms with Crippen LogP contribution in [0.15, 0.2) is 109 Å². The van der Waals surface area contributed by atoms with E-state index in [1.165, 1.54) is 0 Å². The van der Waals surface area contributed by atoms with Crippen molar-refractivity contribution in [1.82, 2.24) is 25.8 Å². The van der Waals surface area contributed by atoms with E-state index in [0.717, 1.165) is 44.4 Å². The second kappa shape index (κ2) is 11.6. The first-order chi connectivity index (χ1) is 24.4. The van der Waals surface area contributed by atoms with E-state index >= 15 is 0 Å². The molecule has 4 aromatic carbocycles. The zero-order valence-corrected chi connectivity index (χ0v) is 27.2. The summed E-state index contributed by atoms with van der Waals surface area (Å²) in [5.74, 6) is -0.673. The molecule has 3 fully saturated rings. The fourth-order valence-electron chi connectivity index (χ4n) is 8.71. The number of benzene rings is 4. The van der Waals surface area contributed by atoms with Gasteiger partial charge in [0.25, 0.3) is 0 Å². The summed E-state index contributed by atoms with van der Waals surface area (Å²) < 4.78 is 0. The summed E-state index contributed by atoms with van der Waals surface area (Å²) in [6, 6.07) is 30.9. The van der Waals surface area contributed by atoms with Gasteiger partial charge in [-0.15, -0.1) is 0 Å². The molecular weight excluding hydrogens is 628 g/mol. The zero-order chi connectivity index (χ0) is 34.0. The number of rotatable bonds is 7. The Hall–Kier alpha value is -5.90. The number of hydrogen-bond acceptors (Lipinski definition) is 5. The first kappa shape index (κ1) is 30.2. The summed E-state index contributed by atoms with van der Waals surface area (Å²) in [4.78, 5) is 59.8. The number of carbonyl (C=O) groups excluding carboxylic acids is 4. The van der Waals surface area contributed by atoms with Crippen molar-refractivity contribution in [3.63, 3.8) is 0 Å².